The maximum Gasteiger partial charge on any atom is 0.300 e. The second-order valence-corrected chi connectivity index (χ2v) is 7.53. The predicted octanol–water partition coefficient (Wildman–Crippen LogP) is 0.0132. The first-order chi connectivity index (χ1) is 14.6. The smallest absolute Gasteiger partial charge is 0.300 e. The van der Waals surface area contributed by atoms with Gasteiger partial charge in [-0.3, -0.25) is 14.4 Å². The SMILES string of the molecule is CC(=O)O.CO.NCC(=O)Nc1ccc(S(=O)(=O)c2ccc(NC(=O)CN)cc2)cc1. The van der Waals surface area contributed by atoms with Gasteiger partial charge in [-0.15, -0.1) is 0 Å². The van der Waals surface area contributed by atoms with Crippen LogP contribution >= 0.6 is 0 Å². The largest absolute Gasteiger partial charge is 0.481 e. The van der Waals surface area contributed by atoms with E-state index in [1.807, 2.05) is 0 Å². The number of hydrogen-bond donors (Lipinski definition) is 6. The third-order valence-corrected chi connectivity index (χ3v) is 5.05. The Hall–Kier alpha value is -3.32. The lowest BCUT2D eigenvalue weighted by atomic mass is 10.3. The Morgan fingerprint density at radius 3 is 1.26 bits per heavy atom. The third-order valence-electron chi connectivity index (χ3n) is 3.27. The number of anilines is 2. The summed E-state index contributed by atoms with van der Waals surface area (Å²) in [5.41, 5.74) is 11.3. The summed E-state index contributed by atoms with van der Waals surface area (Å²) in [5, 5.41) is 19.5. The minimum absolute atomic E-state index is 0.0805. The summed E-state index contributed by atoms with van der Waals surface area (Å²) in [6.07, 6.45) is 0. The molecule has 0 heterocycles. The molecule has 170 valence electrons. The number of rotatable bonds is 6. The van der Waals surface area contributed by atoms with Crippen LogP contribution in [0.3, 0.4) is 0 Å². The molecule has 0 aliphatic carbocycles. The Balaban J connectivity index is 0.00000134. The van der Waals surface area contributed by atoms with Gasteiger partial charge in [-0.1, -0.05) is 0 Å². The Labute approximate surface area is 180 Å². The van der Waals surface area contributed by atoms with Crippen LogP contribution in [-0.2, 0) is 24.2 Å². The lowest BCUT2D eigenvalue weighted by Gasteiger charge is -2.08. The first-order valence-corrected chi connectivity index (χ1v) is 10.2. The van der Waals surface area contributed by atoms with Crippen LogP contribution in [0.5, 0.6) is 0 Å². The molecule has 0 atom stereocenters. The van der Waals surface area contributed by atoms with Crippen molar-refractivity contribution in [2.45, 2.75) is 16.7 Å². The van der Waals surface area contributed by atoms with E-state index in [0.717, 1.165) is 14.0 Å². The molecule has 0 bridgehead atoms. The Morgan fingerprint density at radius 1 is 0.774 bits per heavy atom. The molecular formula is C19H26N4O7S. The maximum atomic E-state index is 12.6. The number of carbonyl (C=O) groups is 3. The van der Waals surface area contributed by atoms with Crippen LogP contribution in [0.25, 0.3) is 0 Å². The van der Waals surface area contributed by atoms with Crippen LogP contribution in [0.15, 0.2) is 58.3 Å². The Bertz CT molecular complexity index is 888. The number of carbonyl (C=O) groups excluding carboxylic acids is 2. The summed E-state index contributed by atoms with van der Waals surface area (Å²) in [4.78, 5) is 31.6. The van der Waals surface area contributed by atoms with Gasteiger partial charge in [0.2, 0.25) is 21.7 Å². The lowest BCUT2D eigenvalue weighted by molar-refractivity contribution is -0.134. The number of aliphatic hydroxyl groups is 1. The van der Waals surface area contributed by atoms with Gasteiger partial charge in [0.05, 0.1) is 22.9 Å². The summed E-state index contributed by atoms with van der Waals surface area (Å²) >= 11 is 0. The Morgan fingerprint density at radius 2 is 1.03 bits per heavy atom. The minimum atomic E-state index is -3.72. The highest BCUT2D eigenvalue weighted by atomic mass is 32.2. The zero-order valence-corrected chi connectivity index (χ0v) is 17.8. The zero-order valence-electron chi connectivity index (χ0n) is 17.0. The van der Waals surface area contributed by atoms with E-state index in [1.54, 1.807) is 0 Å². The van der Waals surface area contributed by atoms with Gasteiger partial charge in [0.25, 0.3) is 5.97 Å². The van der Waals surface area contributed by atoms with E-state index in [-0.39, 0.29) is 34.7 Å². The van der Waals surface area contributed by atoms with Gasteiger partial charge in [-0.2, -0.15) is 0 Å². The van der Waals surface area contributed by atoms with E-state index in [1.165, 1.54) is 48.5 Å². The van der Waals surface area contributed by atoms with Gasteiger partial charge in [-0.25, -0.2) is 8.42 Å². The van der Waals surface area contributed by atoms with Crippen molar-refractivity contribution in [1.29, 1.82) is 0 Å². The molecule has 0 saturated heterocycles. The van der Waals surface area contributed by atoms with Crippen LogP contribution in [0.2, 0.25) is 0 Å². The van der Waals surface area contributed by atoms with E-state index in [2.05, 4.69) is 10.6 Å². The fourth-order valence-electron chi connectivity index (χ4n) is 1.99. The molecule has 12 heteroatoms. The minimum Gasteiger partial charge on any atom is -0.481 e. The first-order valence-electron chi connectivity index (χ1n) is 8.69. The van der Waals surface area contributed by atoms with E-state index < -0.39 is 15.8 Å². The fourth-order valence-corrected chi connectivity index (χ4v) is 3.26. The standard InChI is InChI=1S/C16H18N4O4S.C2H4O2.CH4O/c17-9-15(21)19-11-1-5-13(6-2-11)25(23,24)14-7-3-12(4-8-14)20-16(22)10-18;1-2(3)4;1-2/h1-8H,9-10,17-18H2,(H,19,21)(H,20,22);1H3,(H,3,4);2H,1H3. The molecule has 31 heavy (non-hydrogen) atoms. The second-order valence-electron chi connectivity index (χ2n) is 5.58. The van der Waals surface area contributed by atoms with Crippen molar-refractivity contribution in [3.05, 3.63) is 48.5 Å². The summed E-state index contributed by atoms with van der Waals surface area (Å²) in [5.74, 6) is -1.57. The van der Waals surface area contributed by atoms with Crippen molar-refractivity contribution >= 4 is 39.0 Å². The molecule has 0 unspecified atom stereocenters. The molecule has 2 rings (SSSR count). The van der Waals surface area contributed by atoms with Crippen molar-refractivity contribution in [2.24, 2.45) is 11.5 Å². The van der Waals surface area contributed by atoms with E-state index in [0.29, 0.717) is 11.4 Å². The van der Waals surface area contributed by atoms with E-state index in [9.17, 15) is 18.0 Å². The number of nitrogens with two attached hydrogens (primary N) is 2. The fraction of sp³-hybridized carbons (Fsp3) is 0.211. The highest BCUT2D eigenvalue weighted by molar-refractivity contribution is 7.91. The normalized spacial score (nSPS) is 9.84. The monoisotopic (exact) mass is 454 g/mol. The predicted molar refractivity (Wildman–Crippen MR) is 115 cm³/mol. The molecule has 8 N–H and O–H groups in total. The van der Waals surface area contributed by atoms with Crippen molar-refractivity contribution in [2.75, 3.05) is 30.8 Å². The van der Waals surface area contributed by atoms with Crippen molar-refractivity contribution < 1.29 is 33.0 Å². The van der Waals surface area contributed by atoms with Crippen LogP contribution in [-0.4, -0.2) is 56.6 Å². The number of amides is 2. The molecule has 11 nitrogen and oxygen atoms in total. The van der Waals surface area contributed by atoms with Crippen molar-refractivity contribution in [3.8, 4) is 0 Å². The number of hydrogen-bond acceptors (Lipinski definition) is 8. The molecule has 0 aromatic heterocycles. The highest BCUT2D eigenvalue weighted by Gasteiger charge is 2.17. The van der Waals surface area contributed by atoms with E-state index >= 15 is 0 Å². The summed E-state index contributed by atoms with van der Waals surface area (Å²) < 4.78 is 25.2. The van der Waals surface area contributed by atoms with Gasteiger partial charge in [0, 0.05) is 25.4 Å². The second kappa shape index (κ2) is 13.8. The van der Waals surface area contributed by atoms with E-state index in [4.69, 9.17) is 26.5 Å². The number of carboxylic acid groups (broad SMARTS) is 1. The number of benzene rings is 2. The van der Waals surface area contributed by atoms with Crippen LogP contribution in [0, 0.1) is 0 Å². The molecule has 0 saturated carbocycles. The van der Waals surface area contributed by atoms with Gasteiger partial charge >= 0.3 is 0 Å². The first kappa shape index (κ1) is 27.7. The summed E-state index contributed by atoms with van der Waals surface area (Å²) in [7, 11) is -2.72. The number of sulfone groups is 1. The molecule has 2 aromatic carbocycles. The van der Waals surface area contributed by atoms with Crippen LogP contribution in [0.1, 0.15) is 6.92 Å². The van der Waals surface area contributed by atoms with Crippen molar-refractivity contribution in [3.63, 3.8) is 0 Å². The lowest BCUT2D eigenvalue weighted by Crippen LogP contribution is -2.21. The molecule has 0 aliphatic rings. The van der Waals surface area contributed by atoms with Gasteiger partial charge in [-0.05, 0) is 48.5 Å². The molecule has 2 aromatic rings. The highest BCUT2D eigenvalue weighted by Crippen LogP contribution is 2.23. The quantitative estimate of drug-likeness (QED) is 0.347. The third kappa shape index (κ3) is 9.82. The zero-order chi connectivity index (χ0) is 24.0. The van der Waals surface area contributed by atoms with Crippen LogP contribution in [0.4, 0.5) is 11.4 Å². The van der Waals surface area contributed by atoms with Gasteiger partial charge in [0.15, 0.2) is 0 Å². The number of carboxylic acids is 1. The number of aliphatic hydroxyl groups excluding tert-OH is 1. The summed E-state index contributed by atoms with van der Waals surface area (Å²) in [6, 6.07) is 11.5. The van der Waals surface area contributed by atoms with Gasteiger partial charge < -0.3 is 32.3 Å². The maximum absolute atomic E-state index is 12.6. The molecule has 2 amide bonds. The molecule has 0 fully saturated rings. The topological polar surface area (TPSA) is 202 Å². The molecule has 0 radical (unpaired) electrons. The molecule has 0 aliphatic heterocycles. The average molecular weight is 455 g/mol. The molecule has 0 spiro atoms. The molecular weight excluding hydrogens is 428 g/mol. The van der Waals surface area contributed by atoms with Crippen molar-refractivity contribution in [1.82, 2.24) is 0 Å². The number of aliphatic carboxylic acids is 1. The van der Waals surface area contributed by atoms with Gasteiger partial charge in [0.1, 0.15) is 0 Å². The summed E-state index contributed by atoms with van der Waals surface area (Å²) in [6.45, 7) is 0.764. The van der Waals surface area contributed by atoms with Crippen LogP contribution < -0.4 is 22.1 Å². The Kier molecular flexibility index (Phi) is 12.3. The number of nitrogens with one attached hydrogen (secondary N) is 2. The average Bonchev–Trinajstić information content (AvgIpc) is 2.75.